The van der Waals surface area contributed by atoms with Crippen molar-refractivity contribution in [3.63, 3.8) is 0 Å². The molecule has 1 fully saturated rings. The van der Waals surface area contributed by atoms with Crippen molar-refractivity contribution in [2.45, 2.75) is 26.9 Å². The van der Waals surface area contributed by atoms with Gasteiger partial charge < -0.3 is 14.7 Å². The van der Waals surface area contributed by atoms with Gasteiger partial charge in [-0.15, -0.1) is 0 Å². The summed E-state index contributed by atoms with van der Waals surface area (Å²) in [4.78, 5) is 2.11. The first-order chi connectivity index (χ1) is 10.9. The summed E-state index contributed by atoms with van der Waals surface area (Å²) in [5, 5.41) is 10.1. The second-order valence-electron chi connectivity index (χ2n) is 7.62. The number of rotatable bonds is 3. The third kappa shape index (κ3) is 2.50. The minimum Gasteiger partial charge on any atom is -0.396 e. The van der Waals surface area contributed by atoms with E-state index in [4.69, 9.17) is 4.74 Å². The highest BCUT2D eigenvalue weighted by Crippen LogP contribution is 2.55. The predicted molar refractivity (Wildman–Crippen MR) is 94.6 cm³/mol. The lowest BCUT2D eigenvalue weighted by Gasteiger charge is -2.55. The average molecular weight is 315 g/mol. The van der Waals surface area contributed by atoms with E-state index >= 15 is 0 Å². The number of hydrogen-bond acceptors (Lipinski definition) is 3. The fraction of sp³-hybridized carbons (Fsp3) is 0.600. The van der Waals surface area contributed by atoms with Gasteiger partial charge in [-0.25, -0.2) is 0 Å². The third-order valence-corrected chi connectivity index (χ3v) is 6.28. The Morgan fingerprint density at radius 2 is 1.87 bits per heavy atom. The van der Waals surface area contributed by atoms with Gasteiger partial charge in [0.15, 0.2) is 0 Å². The fourth-order valence-electron chi connectivity index (χ4n) is 4.55. The average Bonchev–Trinajstić information content (AvgIpc) is 2.53. The van der Waals surface area contributed by atoms with Gasteiger partial charge >= 0.3 is 0 Å². The highest BCUT2D eigenvalue weighted by atomic mass is 16.5. The van der Waals surface area contributed by atoms with Gasteiger partial charge in [0.1, 0.15) is 0 Å². The molecular formula is C20H29NO2. The quantitative estimate of drug-likeness (QED) is 0.864. The van der Waals surface area contributed by atoms with E-state index in [9.17, 15) is 5.11 Å². The van der Waals surface area contributed by atoms with E-state index < -0.39 is 0 Å². The Morgan fingerprint density at radius 1 is 1.22 bits per heavy atom. The van der Waals surface area contributed by atoms with E-state index in [0.29, 0.717) is 24.4 Å². The van der Waals surface area contributed by atoms with Gasteiger partial charge in [0.2, 0.25) is 0 Å². The monoisotopic (exact) mass is 315 g/mol. The Morgan fingerprint density at radius 3 is 2.43 bits per heavy atom. The lowest BCUT2D eigenvalue weighted by Crippen LogP contribution is -2.53. The van der Waals surface area contributed by atoms with Crippen LogP contribution in [0.4, 0.5) is 5.69 Å². The summed E-state index contributed by atoms with van der Waals surface area (Å²) in [6.45, 7) is 7.54. The number of aliphatic hydroxyl groups is 1. The molecule has 0 amide bonds. The number of anilines is 1. The molecule has 1 N–H and O–H groups in total. The molecular weight excluding hydrogens is 286 g/mol. The standard InChI is InChI=1S/C20H29NO2/c1-13-10-14(2)20(11-22)12-23-19(18(13)15(20)3)16-6-8-17(9-7-16)21(4)5/h6-10,14-15,18-19,22H,11-12H2,1-5H3. The van der Waals surface area contributed by atoms with Crippen molar-refractivity contribution in [1.82, 2.24) is 0 Å². The molecule has 0 saturated carbocycles. The molecule has 1 heterocycles. The van der Waals surface area contributed by atoms with Crippen molar-refractivity contribution in [1.29, 1.82) is 0 Å². The molecule has 0 radical (unpaired) electrons. The molecule has 5 unspecified atom stereocenters. The second-order valence-corrected chi connectivity index (χ2v) is 7.62. The molecule has 2 aliphatic rings. The first-order valence-corrected chi connectivity index (χ1v) is 8.59. The smallest absolute Gasteiger partial charge is 0.0893 e. The number of allylic oxidation sites excluding steroid dienone is 1. The number of hydrogen-bond donors (Lipinski definition) is 1. The summed E-state index contributed by atoms with van der Waals surface area (Å²) < 4.78 is 6.32. The van der Waals surface area contributed by atoms with Crippen LogP contribution in [0, 0.1) is 23.2 Å². The maximum Gasteiger partial charge on any atom is 0.0893 e. The van der Waals surface area contributed by atoms with Crippen LogP contribution >= 0.6 is 0 Å². The molecule has 1 aliphatic carbocycles. The van der Waals surface area contributed by atoms with Gasteiger partial charge in [-0.1, -0.05) is 37.6 Å². The number of benzene rings is 1. The maximum atomic E-state index is 10.1. The van der Waals surface area contributed by atoms with Gasteiger partial charge in [0.25, 0.3) is 0 Å². The fourth-order valence-corrected chi connectivity index (χ4v) is 4.55. The molecule has 2 bridgehead atoms. The summed E-state index contributed by atoms with van der Waals surface area (Å²) in [5.41, 5.74) is 3.70. The summed E-state index contributed by atoms with van der Waals surface area (Å²) in [6, 6.07) is 8.68. The van der Waals surface area contributed by atoms with Crippen molar-refractivity contribution < 1.29 is 9.84 Å². The van der Waals surface area contributed by atoms with Crippen molar-refractivity contribution in [2.24, 2.45) is 23.2 Å². The molecule has 0 spiro atoms. The van der Waals surface area contributed by atoms with Crippen LogP contribution in [0.3, 0.4) is 0 Å². The molecule has 3 rings (SSSR count). The minimum atomic E-state index is -0.135. The van der Waals surface area contributed by atoms with Gasteiger partial charge in [-0.2, -0.15) is 0 Å². The number of fused-ring (bicyclic) bond motifs is 2. The van der Waals surface area contributed by atoms with Crippen molar-refractivity contribution >= 4 is 5.69 Å². The molecule has 126 valence electrons. The zero-order valence-electron chi connectivity index (χ0n) is 14.9. The predicted octanol–water partition coefficient (Wildman–Crippen LogP) is 3.65. The summed E-state index contributed by atoms with van der Waals surface area (Å²) in [5.74, 6) is 1.12. The van der Waals surface area contributed by atoms with E-state index in [1.807, 2.05) is 0 Å². The molecule has 1 aliphatic heterocycles. The lowest BCUT2D eigenvalue weighted by atomic mass is 9.56. The molecule has 23 heavy (non-hydrogen) atoms. The summed E-state index contributed by atoms with van der Waals surface area (Å²) in [6.07, 6.45) is 2.44. The highest BCUT2D eigenvalue weighted by molar-refractivity contribution is 5.46. The van der Waals surface area contributed by atoms with E-state index in [0.717, 1.165) is 0 Å². The number of nitrogens with zero attached hydrogens (tertiary/aromatic N) is 1. The first-order valence-electron chi connectivity index (χ1n) is 8.59. The molecule has 5 atom stereocenters. The number of ether oxygens (including phenoxy) is 1. The van der Waals surface area contributed by atoms with Crippen molar-refractivity contribution in [3.05, 3.63) is 41.5 Å². The van der Waals surface area contributed by atoms with Crippen molar-refractivity contribution in [2.75, 3.05) is 32.2 Å². The van der Waals surface area contributed by atoms with Crippen LogP contribution in [-0.4, -0.2) is 32.4 Å². The molecule has 1 aromatic rings. The second kappa shape index (κ2) is 5.95. The molecule has 0 aromatic heterocycles. The maximum absolute atomic E-state index is 10.1. The molecule has 1 aromatic carbocycles. The van der Waals surface area contributed by atoms with E-state index in [1.54, 1.807) is 0 Å². The van der Waals surface area contributed by atoms with Gasteiger partial charge in [-0.3, -0.25) is 0 Å². The Kier molecular flexibility index (Phi) is 4.28. The summed E-state index contributed by atoms with van der Waals surface area (Å²) >= 11 is 0. The minimum absolute atomic E-state index is 0.0876. The van der Waals surface area contributed by atoms with Crippen LogP contribution in [0.1, 0.15) is 32.4 Å². The lowest BCUT2D eigenvalue weighted by molar-refractivity contribution is -0.165. The third-order valence-electron chi connectivity index (χ3n) is 6.28. The van der Waals surface area contributed by atoms with Crippen LogP contribution < -0.4 is 4.90 Å². The SMILES string of the molecule is CC1=CC(C)C2(CO)COC(c3ccc(N(C)C)cc3)C1C2C. The Balaban J connectivity index is 1.95. The van der Waals surface area contributed by atoms with Crippen molar-refractivity contribution in [3.8, 4) is 0 Å². The van der Waals surface area contributed by atoms with E-state index in [-0.39, 0.29) is 18.1 Å². The van der Waals surface area contributed by atoms with Crippen LogP contribution in [-0.2, 0) is 4.74 Å². The number of aliphatic hydroxyl groups excluding tert-OH is 1. The largest absolute Gasteiger partial charge is 0.396 e. The molecule has 1 saturated heterocycles. The van der Waals surface area contributed by atoms with E-state index in [1.165, 1.54) is 16.8 Å². The summed E-state index contributed by atoms with van der Waals surface area (Å²) in [7, 11) is 4.11. The Bertz CT molecular complexity index is 592. The first kappa shape index (κ1) is 16.5. The normalized spacial score (nSPS) is 36.5. The van der Waals surface area contributed by atoms with Crippen LogP contribution in [0.2, 0.25) is 0 Å². The topological polar surface area (TPSA) is 32.7 Å². The zero-order chi connectivity index (χ0) is 16.8. The Hall–Kier alpha value is -1.32. The molecule has 3 heteroatoms. The Labute approximate surface area is 140 Å². The zero-order valence-corrected chi connectivity index (χ0v) is 14.9. The van der Waals surface area contributed by atoms with Crippen LogP contribution in [0.5, 0.6) is 0 Å². The molecule has 3 nitrogen and oxygen atoms in total. The highest BCUT2D eigenvalue weighted by Gasteiger charge is 2.53. The van der Waals surface area contributed by atoms with Gasteiger partial charge in [0.05, 0.1) is 19.3 Å². The van der Waals surface area contributed by atoms with Crippen LogP contribution in [0.15, 0.2) is 35.9 Å². The van der Waals surface area contributed by atoms with Gasteiger partial charge in [-0.05, 0) is 36.5 Å². The van der Waals surface area contributed by atoms with Gasteiger partial charge in [0, 0.05) is 31.1 Å². The van der Waals surface area contributed by atoms with Crippen LogP contribution in [0.25, 0.3) is 0 Å². The van der Waals surface area contributed by atoms with E-state index in [2.05, 4.69) is 70.1 Å².